The Morgan fingerprint density at radius 3 is 2.40 bits per heavy atom. The monoisotopic (exact) mass is 280 g/mol. The van der Waals surface area contributed by atoms with Crippen LogP contribution in [0.5, 0.6) is 0 Å². The van der Waals surface area contributed by atoms with Crippen LogP contribution in [0, 0.1) is 13.8 Å². The first-order chi connectivity index (χ1) is 9.31. The maximum absolute atomic E-state index is 11.7. The van der Waals surface area contributed by atoms with Crippen molar-refractivity contribution in [3.05, 3.63) is 29.3 Å². The number of urea groups is 1. The van der Waals surface area contributed by atoms with Gasteiger partial charge in [0.05, 0.1) is 6.42 Å². The zero-order valence-corrected chi connectivity index (χ0v) is 11.1. The third-order valence-electron chi connectivity index (χ3n) is 2.83. The van der Waals surface area contributed by atoms with Crippen molar-refractivity contribution in [2.75, 3.05) is 5.32 Å². The van der Waals surface area contributed by atoms with Gasteiger partial charge >= 0.3 is 18.0 Å². The van der Waals surface area contributed by atoms with E-state index in [9.17, 15) is 14.4 Å². The van der Waals surface area contributed by atoms with Crippen LogP contribution in [0.3, 0.4) is 0 Å². The number of nitrogens with one attached hydrogen (secondary N) is 2. The fraction of sp³-hybridized carbons (Fsp3) is 0.308. The quantitative estimate of drug-likeness (QED) is 0.649. The van der Waals surface area contributed by atoms with Crippen LogP contribution in [0.4, 0.5) is 10.5 Å². The Morgan fingerprint density at radius 2 is 1.85 bits per heavy atom. The molecule has 7 heteroatoms. The molecule has 0 heterocycles. The molecule has 0 fully saturated rings. The van der Waals surface area contributed by atoms with Crippen molar-refractivity contribution >= 4 is 23.7 Å². The second kappa shape index (κ2) is 6.55. The largest absolute Gasteiger partial charge is 0.481 e. The number of hydrogen-bond acceptors (Lipinski definition) is 3. The van der Waals surface area contributed by atoms with Crippen molar-refractivity contribution in [1.82, 2.24) is 5.32 Å². The third-order valence-corrected chi connectivity index (χ3v) is 2.83. The Bertz CT molecular complexity index is 542. The number of aryl methyl sites for hydroxylation is 1. The third kappa shape index (κ3) is 4.27. The number of amides is 2. The molecule has 0 saturated heterocycles. The van der Waals surface area contributed by atoms with E-state index in [2.05, 4.69) is 10.6 Å². The number of benzene rings is 1. The molecule has 0 radical (unpaired) electrons. The molecule has 0 unspecified atom stereocenters. The number of carbonyl (C=O) groups is 3. The summed E-state index contributed by atoms with van der Waals surface area (Å²) in [6.45, 7) is 3.69. The standard InChI is InChI=1S/C13H16N2O5/c1-7-4-3-5-9(8(7)2)14-13(20)15-10(12(18)19)6-11(16)17/h3-5,10H,6H2,1-2H3,(H,16,17)(H,18,19)(H2,14,15,20)/t10-/m0/s1. The van der Waals surface area contributed by atoms with E-state index in [-0.39, 0.29) is 0 Å². The number of carboxylic acid groups (broad SMARTS) is 2. The first-order valence-corrected chi connectivity index (χ1v) is 5.89. The predicted molar refractivity (Wildman–Crippen MR) is 71.7 cm³/mol. The summed E-state index contributed by atoms with van der Waals surface area (Å²) in [4.78, 5) is 33.0. The van der Waals surface area contributed by atoms with Gasteiger partial charge in [0.15, 0.2) is 0 Å². The van der Waals surface area contributed by atoms with Gasteiger partial charge in [-0.15, -0.1) is 0 Å². The molecule has 2 amide bonds. The lowest BCUT2D eigenvalue weighted by molar-refractivity contribution is -0.145. The van der Waals surface area contributed by atoms with Gasteiger partial charge in [0.1, 0.15) is 6.04 Å². The van der Waals surface area contributed by atoms with Gasteiger partial charge in [-0.2, -0.15) is 0 Å². The zero-order valence-electron chi connectivity index (χ0n) is 11.1. The SMILES string of the molecule is Cc1cccc(NC(=O)N[C@@H](CC(=O)O)C(=O)O)c1C. The van der Waals surface area contributed by atoms with E-state index in [4.69, 9.17) is 10.2 Å². The zero-order chi connectivity index (χ0) is 15.3. The number of carbonyl (C=O) groups excluding carboxylic acids is 1. The molecule has 0 bridgehead atoms. The molecule has 4 N–H and O–H groups in total. The Labute approximate surface area is 115 Å². The van der Waals surface area contributed by atoms with E-state index in [0.717, 1.165) is 11.1 Å². The lowest BCUT2D eigenvalue weighted by Crippen LogP contribution is -2.44. The van der Waals surface area contributed by atoms with Gasteiger partial charge in [-0.3, -0.25) is 4.79 Å². The highest BCUT2D eigenvalue weighted by Gasteiger charge is 2.23. The summed E-state index contributed by atoms with van der Waals surface area (Å²) >= 11 is 0. The molecule has 1 rings (SSSR count). The van der Waals surface area contributed by atoms with Crippen LogP contribution in [-0.2, 0) is 9.59 Å². The van der Waals surface area contributed by atoms with Gasteiger partial charge in [0.2, 0.25) is 0 Å². The second-order valence-corrected chi connectivity index (χ2v) is 4.33. The highest BCUT2D eigenvalue weighted by atomic mass is 16.4. The summed E-state index contributed by atoms with van der Waals surface area (Å²) in [7, 11) is 0. The van der Waals surface area contributed by atoms with Crippen molar-refractivity contribution < 1.29 is 24.6 Å². The molecule has 0 aliphatic heterocycles. The molecule has 1 atom stereocenters. The van der Waals surface area contributed by atoms with Crippen LogP contribution in [0.1, 0.15) is 17.5 Å². The fourth-order valence-electron chi connectivity index (χ4n) is 1.58. The first kappa shape index (κ1) is 15.5. The first-order valence-electron chi connectivity index (χ1n) is 5.89. The average molecular weight is 280 g/mol. The van der Waals surface area contributed by atoms with E-state index in [1.807, 2.05) is 19.9 Å². The van der Waals surface area contributed by atoms with Crippen LogP contribution in [-0.4, -0.2) is 34.2 Å². The topological polar surface area (TPSA) is 116 Å². The van der Waals surface area contributed by atoms with Gasteiger partial charge < -0.3 is 20.8 Å². The minimum absolute atomic E-state index is 0.543. The second-order valence-electron chi connectivity index (χ2n) is 4.33. The molecule has 1 aromatic carbocycles. The fourth-order valence-corrected chi connectivity index (χ4v) is 1.58. The number of aliphatic carboxylic acids is 2. The van der Waals surface area contributed by atoms with Gasteiger partial charge in [-0.1, -0.05) is 12.1 Å². The minimum atomic E-state index is -1.47. The molecule has 20 heavy (non-hydrogen) atoms. The Hall–Kier alpha value is -2.57. The Balaban J connectivity index is 2.73. The van der Waals surface area contributed by atoms with Crippen molar-refractivity contribution in [3.63, 3.8) is 0 Å². The Morgan fingerprint density at radius 1 is 1.20 bits per heavy atom. The maximum atomic E-state index is 11.7. The maximum Gasteiger partial charge on any atom is 0.326 e. The van der Waals surface area contributed by atoms with Crippen LogP contribution < -0.4 is 10.6 Å². The molecule has 0 saturated carbocycles. The van der Waals surface area contributed by atoms with Gasteiger partial charge in [0, 0.05) is 5.69 Å². The van der Waals surface area contributed by atoms with Crippen LogP contribution >= 0.6 is 0 Å². The summed E-state index contributed by atoms with van der Waals surface area (Å²) < 4.78 is 0. The van der Waals surface area contributed by atoms with Crippen LogP contribution in [0.15, 0.2) is 18.2 Å². The highest BCUT2D eigenvalue weighted by molar-refractivity contribution is 5.94. The molecule has 108 valence electrons. The summed E-state index contributed by atoms with van der Waals surface area (Å²) in [5.74, 6) is -2.70. The average Bonchev–Trinajstić information content (AvgIpc) is 2.33. The molecule has 0 aliphatic carbocycles. The molecular formula is C13H16N2O5. The lowest BCUT2D eigenvalue weighted by Gasteiger charge is -2.15. The van der Waals surface area contributed by atoms with Crippen molar-refractivity contribution in [2.45, 2.75) is 26.3 Å². The number of rotatable bonds is 5. The lowest BCUT2D eigenvalue weighted by atomic mass is 10.1. The number of carboxylic acids is 2. The number of hydrogen-bond donors (Lipinski definition) is 4. The summed E-state index contributed by atoms with van der Waals surface area (Å²) in [6.07, 6.45) is -0.685. The molecule has 0 spiro atoms. The molecular weight excluding hydrogens is 264 g/mol. The summed E-state index contributed by atoms with van der Waals surface area (Å²) in [6, 6.07) is 3.08. The summed E-state index contributed by atoms with van der Waals surface area (Å²) in [5.41, 5.74) is 2.37. The smallest absolute Gasteiger partial charge is 0.326 e. The van der Waals surface area contributed by atoms with Crippen LogP contribution in [0.25, 0.3) is 0 Å². The molecule has 1 aromatic rings. The van der Waals surface area contributed by atoms with E-state index >= 15 is 0 Å². The van der Waals surface area contributed by atoms with Gasteiger partial charge in [-0.25, -0.2) is 9.59 Å². The van der Waals surface area contributed by atoms with Crippen molar-refractivity contribution in [1.29, 1.82) is 0 Å². The predicted octanol–water partition coefficient (Wildman–Crippen LogP) is 1.35. The summed E-state index contributed by atoms with van der Waals surface area (Å²) in [5, 5.41) is 22.0. The highest BCUT2D eigenvalue weighted by Crippen LogP contribution is 2.17. The van der Waals surface area contributed by atoms with E-state index < -0.39 is 30.4 Å². The number of anilines is 1. The van der Waals surface area contributed by atoms with E-state index in [0.29, 0.717) is 5.69 Å². The van der Waals surface area contributed by atoms with Gasteiger partial charge in [0.25, 0.3) is 0 Å². The van der Waals surface area contributed by atoms with Crippen LogP contribution in [0.2, 0.25) is 0 Å². The van der Waals surface area contributed by atoms with E-state index in [1.165, 1.54) is 0 Å². The normalized spacial score (nSPS) is 11.5. The molecule has 0 aliphatic rings. The van der Waals surface area contributed by atoms with Crippen molar-refractivity contribution in [2.24, 2.45) is 0 Å². The molecule has 0 aromatic heterocycles. The minimum Gasteiger partial charge on any atom is -0.481 e. The van der Waals surface area contributed by atoms with E-state index in [1.54, 1.807) is 12.1 Å². The van der Waals surface area contributed by atoms with Gasteiger partial charge in [-0.05, 0) is 31.0 Å². The Kier molecular flexibility index (Phi) is 5.08. The molecule has 7 nitrogen and oxygen atoms in total. The van der Waals surface area contributed by atoms with Crippen molar-refractivity contribution in [3.8, 4) is 0 Å².